The highest BCUT2D eigenvalue weighted by Gasteiger charge is 2.45. The number of benzene rings is 3. The van der Waals surface area contributed by atoms with E-state index < -0.39 is 23.7 Å². The summed E-state index contributed by atoms with van der Waals surface area (Å²) in [5, 5.41) is 0. The molecule has 0 aromatic heterocycles. The summed E-state index contributed by atoms with van der Waals surface area (Å²) < 4.78 is 45.0. The van der Waals surface area contributed by atoms with Gasteiger partial charge in [-0.1, -0.05) is 54.6 Å². The number of hydrogen-bond acceptors (Lipinski definition) is 4. The van der Waals surface area contributed by atoms with Gasteiger partial charge >= 0.3 is 6.18 Å². The Morgan fingerprint density at radius 2 is 1.62 bits per heavy atom. The van der Waals surface area contributed by atoms with Crippen LogP contribution >= 0.6 is 0 Å². The second-order valence-corrected chi connectivity index (χ2v) is 9.77. The zero-order chi connectivity index (χ0) is 27.6. The third kappa shape index (κ3) is 5.36. The van der Waals surface area contributed by atoms with Crippen molar-refractivity contribution in [2.45, 2.75) is 18.1 Å². The van der Waals surface area contributed by atoms with Crippen LogP contribution in [0.4, 0.5) is 18.9 Å². The average Bonchev–Trinajstić information content (AvgIpc) is 2.96. The van der Waals surface area contributed by atoms with Gasteiger partial charge in [0, 0.05) is 51.1 Å². The number of methoxy groups -OCH3 is 1. The summed E-state index contributed by atoms with van der Waals surface area (Å²) in [4.78, 5) is 33.2. The number of nitrogens with zero attached hydrogens (tertiary/aromatic N) is 3. The summed E-state index contributed by atoms with van der Waals surface area (Å²) in [6.07, 6.45) is -4.42. The van der Waals surface area contributed by atoms with Crippen molar-refractivity contribution in [3.8, 4) is 0 Å². The van der Waals surface area contributed by atoms with E-state index in [1.54, 1.807) is 35.1 Å². The quantitative estimate of drug-likeness (QED) is 0.445. The molecule has 2 aliphatic heterocycles. The SMILES string of the molecule is COCCN1C(=O)c2ccccc2[C@H](C(=O)N2CCN(c3cccc(C(F)(F)F)c3)CC2)[C@H]1c1ccccc1. The Labute approximate surface area is 225 Å². The van der Waals surface area contributed by atoms with Crippen LogP contribution in [0.25, 0.3) is 0 Å². The largest absolute Gasteiger partial charge is 0.416 e. The topological polar surface area (TPSA) is 53.1 Å². The molecule has 1 fully saturated rings. The van der Waals surface area contributed by atoms with E-state index in [1.165, 1.54) is 6.07 Å². The monoisotopic (exact) mass is 537 g/mol. The molecule has 0 bridgehead atoms. The number of carbonyl (C=O) groups excluding carboxylic acids is 2. The number of halogens is 3. The van der Waals surface area contributed by atoms with Gasteiger partial charge in [-0.05, 0) is 35.4 Å². The van der Waals surface area contributed by atoms with Crippen LogP contribution in [-0.4, -0.2) is 68.1 Å². The minimum absolute atomic E-state index is 0.102. The van der Waals surface area contributed by atoms with Gasteiger partial charge in [0.25, 0.3) is 5.91 Å². The summed E-state index contributed by atoms with van der Waals surface area (Å²) in [5.74, 6) is -0.872. The highest BCUT2D eigenvalue weighted by Crippen LogP contribution is 2.44. The van der Waals surface area contributed by atoms with Crippen molar-refractivity contribution in [3.63, 3.8) is 0 Å². The molecule has 6 nitrogen and oxygen atoms in total. The van der Waals surface area contributed by atoms with Crippen LogP contribution in [-0.2, 0) is 15.7 Å². The molecule has 9 heteroatoms. The van der Waals surface area contributed by atoms with Crippen LogP contribution in [0.1, 0.15) is 39.0 Å². The molecule has 0 N–H and O–H groups in total. The van der Waals surface area contributed by atoms with Crippen molar-refractivity contribution in [1.29, 1.82) is 0 Å². The molecule has 3 aromatic rings. The Morgan fingerprint density at radius 3 is 2.31 bits per heavy atom. The standard InChI is InChI=1S/C30H30F3N3O3/c1-39-19-18-36-27(21-8-3-2-4-9-21)26(24-12-5-6-13-25(24)28(36)37)29(38)35-16-14-34(15-17-35)23-11-7-10-22(20-23)30(31,32)33/h2-13,20,26-27H,14-19H2,1H3/t26-,27+/m0/s1. The maximum atomic E-state index is 14.2. The minimum atomic E-state index is -4.42. The third-order valence-electron chi connectivity index (χ3n) is 7.51. The van der Waals surface area contributed by atoms with E-state index in [0.29, 0.717) is 56.1 Å². The van der Waals surface area contributed by atoms with Gasteiger partial charge in [-0.3, -0.25) is 9.59 Å². The molecular weight excluding hydrogens is 507 g/mol. The first kappa shape index (κ1) is 26.7. The number of carbonyl (C=O) groups is 2. The number of ether oxygens (including phenoxy) is 1. The van der Waals surface area contributed by atoms with Crippen molar-refractivity contribution in [2.24, 2.45) is 0 Å². The summed E-state index contributed by atoms with van der Waals surface area (Å²) >= 11 is 0. The molecule has 1 saturated heterocycles. The lowest BCUT2D eigenvalue weighted by molar-refractivity contribution is -0.137. The Hall–Kier alpha value is -3.85. The lowest BCUT2D eigenvalue weighted by Gasteiger charge is -2.44. The van der Waals surface area contributed by atoms with Crippen molar-refractivity contribution in [2.75, 3.05) is 51.3 Å². The van der Waals surface area contributed by atoms with Crippen molar-refractivity contribution in [3.05, 3.63) is 101 Å². The van der Waals surface area contributed by atoms with Crippen molar-refractivity contribution < 1.29 is 27.5 Å². The van der Waals surface area contributed by atoms with E-state index in [-0.39, 0.29) is 11.8 Å². The van der Waals surface area contributed by atoms with Gasteiger partial charge in [-0.15, -0.1) is 0 Å². The van der Waals surface area contributed by atoms with E-state index in [1.807, 2.05) is 47.4 Å². The number of alkyl halides is 3. The van der Waals surface area contributed by atoms with E-state index >= 15 is 0 Å². The summed E-state index contributed by atoms with van der Waals surface area (Å²) in [7, 11) is 1.58. The summed E-state index contributed by atoms with van der Waals surface area (Å²) in [6, 6.07) is 21.5. The molecule has 5 rings (SSSR count). The number of piperazine rings is 1. The molecule has 2 heterocycles. The van der Waals surface area contributed by atoms with Gasteiger partial charge < -0.3 is 19.4 Å². The molecule has 0 unspecified atom stereocenters. The lowest BCUT2D eigenvalue weighted by Crippen LogP contribution is -2.53. The van der Waals surface area contributed by atoms with Gasteiger partial charge in [-0.25, -0.2) is 0 Å². The molecule has 0 spiro atoms. The second-order valence-electron chi connectivity index (χ2n) is 9.77. The fourth-order valence-corrected chi connectivity index (χ4v) is 5.58. The zero-order valence-electron chi connectivity index (χ0n) is 21.6. The molecule has 39 heavy (non-hydrogen) atoms. The Balaban J connectivity index is 1.44. The van der Waals surface area contributed by atoms with Gasteiger partial charge in [0.2, 0.25) is 5.91 Å². The molecule has 2 atom stereocenters. The molecule has 204 valence electrons. The van der Waals surface area contributed by atoms with Crippen LogP contribution < -0.4 is 4.90 Å². The first-order valence-corrected chi connectivity index (χ1v) is 12.9. The van der Waals surface area contributed by atoms with Crippen LogP contribution in [0.15, 0.2) is 78.9 Å². The maximum absolute atomic E-state index is 14.2. The normalized spacial score (nSPS) is 19.7. The Bertz CT molecular complexity index is 1320. The smallest absolute Gasteiger partial charge is 0.383 e. The van der Waals surface area contributed by atoms with Crippen LogP contribution in [0, 0.1) is 0 Å². The molecular formula is C30H30F3N3O3. The zero-order valence-corrected chi connectivity index (χ0v) is 21.6. The first-order chi connectivity index (χ1) is 18.8. The minimum Gasteiger partial charge on any atom is -0.383 e. The van der Waals surface area contributed by atoms with Crippen molar-refractivity contribution >= 4 is 17.5 Å². The number of fused-ring (bicyclic) bond motifs is 1. The molecule has 0 saturated carbocycles. The number of rotatable bonds is 6. The van der Waals surface area contributed by atoms with E-state index in [4.69, 9.17) is 4.74 Å². The number of anilines is 1. The average molecular weight is 538 g/mol. The third-order valence-corrected chi connectivity index (χ3v) is 7.51. The lowest BCUT2D eigenvalue weighted by atomic mass is 9.78. The van der Waals surface area contributed by atoms with Gasteiger partial charge in [0.05, 0.1) is 24.1 Å². The summed E-state index contributed by atoms with van der Waals surface area (Å²) in [6.45, 7) is 2.19. The second kappa shape index (κ2) is 11.1. The predicted molar refractivity (Wildman–Crippen MR) is 142 cm³/mol. The van der Waals surface area contributed by atoms with Crippen molar-refractivity contribution in [1.82, 2.24) is 9.80 Å². The molecule has 3 aromatic carbocycles. The Kier molecular flexibility index (Phi) is 7.61. The molecule has 2 aliphatic rings. The van der Waals surface area contributed by atoms with Gasteiger partial charge in [0.15, 0.2) is 0 Å². The van der Waals surface area contributed by atoms with Crippen LogP contribution in [0.5, 0.6) is 0 Å². The molecule has 2 amide bonds. The predicted octanol–water partition coefficient (Wildman–Crippen LogP) is 4.98. The van der Waals surface area contributed by atoms with E-state index in [2.05, 4.69) is 0 Å². The van der Waals surface area contributed by atoms with E-state index in [0.717, 1.165) is 17.7 Å². The van der Waals surface area contributed by atoms with E-state index in [9.17, 15) is 22.8 Å². The Morgan fingerprint density at radius 1 is 0.923 bits per heavy atom. The fourth-order valence-electron chi connectivity index (χ4n) is 5.58. The van der Waals surface area contributed by atoms with Gasteiger partial charge in [-0.2, -0.15) is 13.2 Å². The number of amides is 2. The molecule has 0 aliphatic carbocycles. The summed E-state index contributed by atoms with van der Waals surface area (Å²) in [5.41, 5.74) is 1.84. The first-order valence-electron chi connectivity index (χ1n) is 12.9. The maximum Gasteiger partial charge on any atom is 0.416 e. The highest BCUT2D eigenvalue weighted by atomic mass is 19.4. The van der Waals surface area contributed by atoms with Crippen LogP contribution in [0.3, 0.4) is 0 Å². The highest BCUT2D eigenvalue weighted by molar-refractivity contribution is 6.01. The fraction of sp³-hybridized carbons (Fsp3) is 0.333. The molecule has 0 radical (unpaired) electrons. The van der Waals surface area contributed by atoms with Gasteiger partial charge in [0.1, 0.15) is 0 Å². The van der Waals surface area contributed by atoms with Crippen LogP contribution in [0.2, 0.25) is 0 Å². The number of hydrogen-bond donors (Lipinski definition) is 0.